The molecule has 1 aromatic carbocycles. The molecule has 1 saturated heterocycles. The van der Waals surface area contributed by atoms with Crippen LogP contribution in [0.5, 0.6) is 0 Å². The van der Waals surface area contributed by atoms with Gasteiger partial charge in [-0.05, 0) is 31.0 Å². The molecule has 1 N–H and O–H groups in total. The van der Waals surface area contributed by atoms with E-state index in [4.69, 9.17) is 0 Å². The number of aryl methyl sites for hydroxylation is 1. The molecule has 1 atom stereocenters. The molecule has 3 heterocycles. The molecule has 1 aliphatic heterocycles. The minimum Gasteiger partial charge on any atom is -0.358 e. The molecule has 31 heavy (non-hydrogen) atoms. The summed E-state index contributed by atoms with van der Waals surface area (Å²) in [7, 11) is 0. The summed E-state index contributed by atoms with van der Waals surface area (Å²) in [5, 5.41) is 2.88. The molecule has 0 radical (unpaired) electrons. The van der Waals surface area contributed by atoms with Gasteiger partial charge in [0.2, 0.25) is 5.91 Å². The van der Waals surface area contributed by atoms with E-state index in [0.717, 1.165) is 17.2 Å². The molecule has 2 aromatic heterocycles. The Morgan fingerprint density at radius 2 is 1.94 bits per heavy atom. The Bertz CT molecular complexity index is 1070. The summed E-state index contributed by atoms with van der Waals surface area (Å²) in [6, 6.07) is 11.2. The normalized spacial score (nSPS) is 16.6. The van der Waals surface area contributed by atoms with Crippen LogP contribution in [0.1, 0.15) is 23.2 Å². The Morgan fingerprint density at radius 1 is 1.16 bits per heavy atom. The highest BCUT2D eigenvalue weighted by molar-refractivity contribution is 5.86. The molecule has 6 nitrogen and oxygen atoms in total. The van der Waals surface area contributed by atoms with Gasteiger partial charge in [0, 0.05) is 37.1 Å². The van der Waals surface area contributed by atoms with E-state index in [2.05, 4.69) is 20.3 Å². The van der Waals surface area contributed by atoms with Crippen LogP contribution in [0, 0.1) is 6.92 Å². The maximum atomic E-state index is 13.4. The van der Waals surface area contributed by atoms with Crippen LogP contribution in [0.3, 0.4) is 0 Å². The van der Waals surface area contributed by atoms with E-state index in [-0.39, 0.29) is 17.5 Å². The number of benzene rings is 1. The van der Waals surface area contributed by atoms with Gasteiger partial charge >= 0.3 is 6.18 Å². The second-order valence-electron chi connectivity index (χ2n) is 7.43. The van der Waals surface area contributed by atoms with Gasteiger partial charge in [0.05, 0.1) is 0 Å². The van der Waals surface area contributed by atoms with Gasteiger partial charge in [-0.3, -0.25) is 9.78 Å². The summed E-state index contributed by atoms with van der Waals surface area (Å²) < 4.78 is 40.1. The molecule has 1 aliphatic rings. The van der Waals surface area contributed by atoms with Crippen LogP contribution >= 0.6 is 0 Å². The summed E-state index contributed by atoms with van der Waals surface area (Å²) in [4.78, 5) is 26.2. The molecule has 0 spiro atoms. The topological polar surface area (TPSA) is 71.0 Å². The van der Waals surface area contributed by atoms with Crippen LogP contribution in [-0.4, -0.2) is 38.3 Å². The van der Waals surface area contributed by atoms with E-state index in [1.807, 2.05) is 31.2 Å². The minimum atomic E-state index is -4.65. The van der Waals surface area contributed by atoms with Crippen molar-refractivity contribution in [2.24, 2.45) is 0 Å². The first-order chi connectivity index (χ1) is 14.8. The molecule has 0 bridgehead atoms. The Morgan fingerprint density at radius 3 is 2.61 bits per heavy atom. The molecular formula is C22H20F3N5O. The third-order valence-corrected chi connectivity index (χ3v) is 5.05. The molecule has 160 valence electrons. The summed E-state index contributed by atoms with van der Waals surface area (Å²) in [6.07, 6.45) is -1.27. The van der Waals surface area contributed by atoms with Crippen molar-refractivity contribution < 1.29 is 18.0 Å². The number of alkyl halides is 3. The zero-order valence-corrected chi connectivity index (χ0v) is 16.7. The number of likely N-dealkylation sites (tertiary alicyclic amines) is 1. The van der Waals surface area contributed by atoms with Gasteiger partial charge in [-0.25, -0.2) is 9.97 Å². The third kappa shape index (κ3) is 4.82. The summed E-state index contributed by atoms with van der Waals surface area (Å²) in [5.74, 6) is -0.320. The predicted molar refractivity (Wildman–Crippen MR) is 109 cm³/mol. The average molecular weight is 427 g/mol. The third-order valence-electron chi connectivity index (χ3n) is 5.05. The summed E-state index contributed by atoms with van der Waals surface area (Å²) >= 11 is 0. The molecule has 0 saturated carbocycles. The van der Waals surface area contributed by atoms with Crippen molar-refractivity contribution in [2.45, 2.75) is 32.1 Å². The highest BCUT2D eigenvalue weighted by Crippen LogP contribution is 2.31. The van der Waals surface area contributed by atoms with E-state index >= 15 is 0 Å². The van der Waals surface area contributed by atoms with E-state index < -0.39 is 17.9 Å². The maximum Gasteiger partial charge on any atom is 0.433 e. The van der Waals surface area contributed by atoms with Gasteiger partial charge < -0.3 is 10.2 Å². The van der Waals surface area contributed by atoms with Crippen LogP contribution < -0.4 is 5.32 Å². The Kier molecular flexibility index (Phi) is 5.58. The van der Waals surface area contributed by atoms with E-state index in [9.17, 15) is 18.0 Å². The lowest BCUT2D eigenvalue weighted by Crippen LogP contribution is -2.33. The molecule has 0 aliphatic carbocycles. The second kappa shape index (κ2) is 8.33. The minimum absolute atomic E-state index is 0.0447. The van der Waals surface area contributed by atoms with Crippen molar-refractivity contribution in [1.29, 1.82) is 0 Å². The number of anilines is 1. The Balaban J connectivity index is 1.54. The van der Waals surface area contributed by atoms with Crippen LogP contribution in [0.25, 0.3) is 11.4 Å². The largest absolute Gasteiger partial charge is 0.433 e. The Hall–Kier alpha value is -3.49. The standard InChI is InChI=1S/C22H20F3N5O/c1-14-4-6-15(7-5-14)13-30-10-8-17(21(30)31)27-19-11-18(22(23,24)25)28-20(29-19)16-3-2-9-26-12-16/h2-7,9,11-12,17H,8,10,13H2,1H3,(H,27,28,29). The van der Waals surface area contributed by atoms with Crippen molar-refractivity contribution in [3.63, 3.8) is 0 Å². The molecular weight excluding hydrogens is 407 g/mol. The number of carbonyl (C=O) groups excluding carboxylic acids is 1. The summed E-state index contributed by atoms with van der Waals surface area (Å²) in [5.41, 5.74) is 1.41. The molecule has 9 heteroatoms. The first-order valence-corrected chi connectivity index (χ1v) is 9.77. The average Bonchev–Trinajstić information content (AvgIpc) is 3.09. The van der Waals surface area contributed by atoms with Crippen molar-refractivity contribution in [1.82, 2.24) is 19.9 Å². The van der Waals surface area contributed by atoms with Crippen LogP contribution in [0.15, 0.2) is 54.9 Å². The molecule has 1 amide bonds. The number of halogens is 3. The highest BCUT2D eigenvalue weighted by Gasteiger charge is 2.35. The van der Waals surface area contributed by atoms with E-state index in [1.54, 1.807) is 17.0 Å². The van der Waals surface area contributed by atoms with Gasteiger partial charge in [0.15, 0.2) is 11.5 Å². The number of nitrogens with zero attached hydrogens (tertiary/aromatic N) is 4. The van der Waals surface area contributed by atoms with Gasteiger partial charge in [-0.15, -0.1) is 0 Å². The summed E-state index contributed by atoms with van der Waals surface area (Å²) in [6.45, 7) is 2.95. The Labute approximate surface area is 177 Å². The van der Waals surface area contributed by atoms with Crippen LogP contribution in [-0.2, 0) is 17.5 Å². The van der Waals surface area contributed by atoms with Gasteiger partial charge in [0.25, 0.3) is 0 Å². The van der Waals surface area contributed by atoms with E-state index in [0.29, 0.717) is 25.1 Å². The lowest BCUT2D eigenvalue weighted by Gasteiger charge is -2.18. The number of hydrogen-bond donors (Lipinski definition) is 1. The molecule has 4 rings (SSSR count). The SMILES string of the molecule is Cc1ccc(CN2CCC(Nc3cc(C(F)(F)F)nc(-c4cccnc4)n3)C2=O)cc1. The molecule has 1 unspecified atom stereocenters. The number of aromatic nitrogens is 3. The van der Waals surface area contributed by atoms with Gasteiger partial charge in [0.1, 0.15) is 11.9 Å². The smallest absolute Gasteiger partial charge is 0.358 e. The van der Waals surface area contributed by atoms with Crippen molar-refractivity contribution in [3.8, 4) is 11.4 Å². The maximum absolute atomic E-state index is 13.4. The number of nitrogens with one attached hydrogen (secondary N) is 1. The first-order valence-electron chi connectivity index (χ1n) is 9.77. The zero-order chi connectivity index (χ0) is 22.0. The van der Waals surface area contributed by atoms with E-state index in [1.165, 1.54) is 12.4 Å². The van der Waals surface area contributed by atoms with Gasteiger partial charge in [-0.1, -0.05) is 29.8 Å². The van der Waals surface area contributed by atoms with Crippen molar-refractivity contribution >= 4 is 11.7 Å². The number of amides is 1. The lowest BCUT2D eigenvalue weighted by molar-refractivity contribution is -0.141. The molecule has 1 fully saturated rings. The highest BCUT2D eigenvalue weighted by atomic mass is 19.4. The fourth-order valence-electron chi connectivity index (χ4n) is 3.41. The number of carbonyl (C=O) groups is 1. The number of pyridine rings is 1. The monoisotopic (exact) mass is 427 g/mol. The van der Waals surface area contributed by atoms with Crippen LogP contribution in [0.2, 0.25) is 0 Å². The van der Waals surface area contributed by atoms with Gasteiger partial charge in [-0.2, -0.15) is 13.2 Å². The lowest BCUT2D eigenvalue weighted by atomic mass is 10.1. The molecule has 3 aromatic rings. The van der Waals surface area contributed by atoms with Crippen molar-refractivity contribution in [3.05, 3.63) is 71.7 Å². The quantitative estimate of drug-likeness (QED) is 0.665. The second-order valence-corrected chi connectivity index (χ2v) is 7.43. The predicted octanol–water partition coefficient (Wildman–Crippen LogP) is 4.08. The fourth-order valence-corrected chi connectivity index (χ4v) is 3.41. The number of rotatable bonds is 5. The van der Waals surface area contributed by atoms with Crippen molar-refractivity contribution in [2.75, 3.05) is 11.9 Å². The number of hydrogen-bond acceptors (Lipinski definition) is 5. The fraction of sp³-hybridized carbons (Fsp3) is 0.273. The van der Waals surface area contributed by atoms with Crippen LogP contribution in [0.4, 0.5) is 19.0 Å². The first kappa shape index (κ1) is 20.8. The zero-order valence-electron chi connectivity index (χ0n) is 16.7.